The molecule has 6 nitrogen and oxygen atoms in total. The Hall–Kier alpha value is -0.510. The average Bonchev–Trinajstić information content (AvgIpc) is 2.60. The highest BCUT2D eigenvalue weighted by molar-refractivity contribution is 7.98. The molecular formula is C16H24Cl2N2O4S2. The molecule has 0 saturated heterocycles. The van der Waals surface area contributed by atoms with E-state index >= 15 is 0 Å². The van der Waals surface area contributed by atoms with E-state index in [4.69, 9.17) is 27.9 Å². The zero-order valence-electron chi connectivity index (χ0n) is 14.8. The van der Waals surface area contributed by atoms with E-state index in [1.165, 1.54) is 30.0 Å². The number of methoxy groups -OCH3 is 1. The van der Waals surface area contributed by atoms with Crippen LogP contribution in [0.5, 0.6) is 0 Å². The van der Waals surface area contributed by atoms with E-state index in [0.717, 1.165) is 12.8 Å². The SMILES string of the molecule is COCCCCNC(=O)C(CCSC)NS(=O)(=O)c1cc(Cl)ccc1Cl. The van der Waals surface area contributed by atoms with Gasteiger partial charge in [0.25, 0.3) is 0 Å². The van der Waals surface area contributed by atoms with Crippen LogP contribution in [0.4, 0.5) is 0 Å². The third kappa shape index (κ3) is 8.02. The van der Waals surface area contributed by atoms with Crippen molar-refractivity contribution in [1.29, 1.82) is 0 Å². The van der Waals surface area contributed by atoms with Gasteiger partial charge in [0.1, 0.15) is 10.9 Å². The van der Waals surface area contributed by atoms with Crippen LogP contribution in [0.2, 0.25) is 10.0 Å². The fourth-order valence-corrected chi connectivity index (χ4v) is 4.58. The zero-order chi connectivity index (χ0) is 19.6. The maximum Gasteiger partial charge on any atom is 0.242 e. The number of nitrogens with one attached hydrogen (secondary N) is 2. The van der Waals surface area contributed by atoms with Gasteiger partial charge in [-0.3, -0.25) is 4.79 Å². The minimum atomic E-state index is -3.98. The number of carbonyl (C=O) groups is 1. The topological polar surface area (TPSA) is 84.5 Å². The van der Waals surface area contributed by atoms with E-state index in [2.05, 4.69) is 10.0 Å². The van der Waals surface area contributed by atoms with Gasteiger partial charge >= 0.3 is 0 Å². The molecule has 0 aromatic heterocycles. The lowest BCUT2D eigenvalue weighted by Gasteiger charge is -2.19. The third-order valence-corrected chi connectivity index (χ3v) is 6.31. The first-order chi connectivity index (χ1) is 12.3. The Labute approximate surface area is 169 Å². The van der Waals surface area contributed by atoms with Crippen molar-refractivity contribution in [1.82, 2.24) is 10.0 Å². The predicted octanol–water partition coefficient (Wildman–Crippen LogP) is 2.94. The first-order valence-corrected chi connectivity index (χ1v) is 11.7. The van der Waals surface area contributed by atoms with Crippen molar-refractivity contribution < 1.29 is 17.9 Å². The van der Waals surface area contributed by atoms with Crippen LogP contribution in [0.25, 0.3) is 0 Å². The summed E-state index contributed by atoms with van der Waals surface area (Å²) in [6.07, 6.45) is 3.82. The van der Waals surface area contributed by atoms with E-state index in [-0.39, 0.29) is 20.8 Å². The summed E-state index contributed by atoms with van der Waals surface area (Å²) in [4.78, 5) is 12.3. The number of benzene rings is 1. The lowest BCUT2D eigenvalue weighted by atomic mass is 10.2. The Bertz CT molecular complexity index is 687. The van der Waals surface area contributed by atoms with Crippen molar-refractivity contribution in [3.05, 3.63) is 28.2 Å². The predicted molar refractivity (Wildman–Crippen MR) is 108 cm³/mol. The zero-order valence-corrected chi connectivity index (χ0v) is 17.9. The lowest BCUT2D eigenvalue weighted by molar-refractivity contribution is -0.122. The number of ether oxygens (including phenoxy) is 1. The number of unbranched alkanes of at least 4 members (excludes halogenated alkanes) is 1. The minimum absolute atomic E-state index is 0.0468. The van der Waals surface area contributed by atoms with Crippen LogP contribution in [-0.2, 0) is 19.6 Å². The molecule has 1 aromatic rings. The second kappa shape index (κ2) is 12.0. The molecule has 1 rings (SSSR count). The van der Waals surface area contributed by atoms with Gasteiger partial charge in [-0.1, -0.05) is 23.2 Å². The highest BCUT2D eigenvalue weighted by Gasteiger charge is 2.27. The molecule has 1 atom stereocenters. The van der Waals surface area contributed by atoms with Crippen molar-refractivity contribution in [3.63, 3.8) is 0 Å². The van der Waals surface area contributed by atoms with Gasteiger partial charge in [-0.2, -0.15) is 16.5 Å². The molecule has 2 N–H and O–H groups in total. The van der Waals surface area contributed by atoms with Crippen LogP contribution >= 0.6 is 35.0 Å². The van der Waals surface area contributed by atoms with Crippen molar-refractivity contribution >= 4 is 50.9 Å². The number of sulfonamides is 1. The summed E-state index contributed by atoms with van der Waals surface area (Å²) in [6, 6.07) is 3.29. The number of amides is 1. The van der Waals surface area contributed by atoms with E-state index in [1.807, 2.05) is 6.26 Å². The summed E-state index contributed by atoms with van der Waals surface area (Å²) in [7, 11) is -2.37. The van der Waals surface area contributed by atoms with Gasteiger partial charge in [-0.15, -0.1) is 0 Å². The van der Waals surface area contributed by atoms with Crippen LogP contribution < -0.4 is 10.0 Å². The molecule has 0 spiro atoms. The number of thioether (sulfide) groups is 1. The van der Waals surface area contributed by atoms with Crippen LogP contribution in [0.1, 0.15) is 19.3 Å². The van der Waals surface area contributed by atoms with Gasteiger partial charge in [-0.05, 0) is 49.5 Å². The van der Waals surface area contributed by atoms with E-state index < -0.39 is 16.1 Å². The molecule has 1 amide bonds. The van der Waals surface area contributed by atoms with Crippen molar-refractivity contribution in [3.8, 4) is 0 Å². The van der Waals surface area contributed by atoms with Gasteiger partial charge in [0, 0.05) is 25.3 Å². The second-order valence-electron chi connectivity index (χ2n) is 5.52. The molecule has 0 radical (unpaired) electrons. The van der Waals surface area contributed by atoms with Crippen molar-refractivity contribution in [2.24, 2.45) is 0 Å². The van der Waals surface area contributed by atoms with Gasteiger partial charge in [-0.25, -0.2) is 8.42 Å². The summed E-state index contributed by atoms with van der Waals surface area (Å²) in [5.41, 5.74) is 0. The molecule has 0 bridgehead atoms. The summed E-state index contributed by atoms with van der Waals surface area (Å²) < 4.78 is 32.7. The molecule has 0 saturated carbocycles. The van der Waals surface area contributed by atoms with Crippen molar-refractivity contribution in [2.45, 2.75) is 30.2 Å². The Morgan fingerprint density at radius 1 is 1.31 bits per heavy atom. The van der Waals surface area contributed by atoms with Gasteiger partial charge in [0.2, 0.25) is 15.9 Å². The molecule has 0 aliphatic rings. The number of hydrogen-bond acceptors (Lipinski definition) is 5. The quantitative estimate of drug-likeness (QED) is 0.486. The molecule has 0 fully saturated rings. The summed E-state index contributed by atoms with van der Waals surface area (Å²) >= 11 is 13.4. The van der Waals surface area contributed by atoms with Gasteiger partial charge in [0.05, 0.1) is 5.02 Å². The van der Waals surface area contributed by atoms with Crippen molar-refractivity contribution in [2.75, 3.05) is 32.3 Å². The van der Waals surface area contributed by atoms with Crippen LogP contribution in [0, 0.1) is 0 Å². The largest absolute Gasteiger partial charge is 0.385 e. The number of carbonyl (C=O) groups excluding carboxylic acids is 1. The standard InChI is InChI=1S/C16H24Cl2N2O4S2/c1-24-9-4-3-8-19-16(21)14(7-10-25-2)20-26(22,23)15-11-12(17)5-6-13(15)18/h5-6,11,14,20H,3-4,7-10H2,1-2H3,(H,19,21). The molecule has 26 heavy (non-hydrogen) atoms. The first kappa shape index (κ1) is 23.5. The van der Waals surface area contributed by atoms with Crippen LogP contribution in [-0.4, -0.2) is 52.6 Å². The monoisotopic (exact) mass is 442 g/mol. The van der Waals surface area contributed by atoms with Crippen LogP contribution in [0.15, 0.2) is 23.1 Å². The maximum absolute atomic E-state index is 12.6. The molecule has 0 heterocycles. The Morgan fingerprint density at radius 3 is 2.69 bits per heavy atom. The Morgan fingerprint density at radius 2 is 2.04 bits per heavy atom. The summed E-state index contributed by atoms with van der Waals surface area (Å²) in [5.74, 6) is 0.270. The fourth-order valence-electron chi connectivity index (χ4n) is 2.12. The van der Waals surface area contributed by atoms with Crippen LogP contribution in [0.3, 0.4) is 0 Å². The van der Waals surface area contributed by atoms with Gasteiger partial charge in [0.15, 0.2) is 0 Å². The second-order valence-corrected chi connectivity index (χ2v) is 9.03. The molecule has 0 aliphatic carbocycles. The van der Waals surface area contributed by atoms with E-state index in [0.29, 0.717) is 25.3 Å². The molecule has 10 heteroatoms. The minimum Gasteiger partial charge on any atom is -0.385 e. The molecule has 148 valence electrons. The average molecular weight is 443 g/mol. The number of halogens is 2. The number of rotatable bonds is 12. The van der Waals surface area contributed by atoms with Gasteiger partial charge < -0.3 is 10.1 Å². The Kier molecular flexibility index (Phi) is 10.9. The summed E-state index contributed by atoms with van der Waals surface area (Å²) in [5, 5.41) is 3.06. The smallest absolute Gasteiger partial charge is 0.242 e. The Balaban J connectivity index is 2.81. The maximum atomic E-state index is 12.6. The van der Waals surface area contributed by atoms with E-state index in [1.54, 1.807) is 7.11 Å². The summed E-state index contributed by atoms with van der Waals surface area (Å²) in [6.45, 7) is 1.07. The normalized spacial score (nSPS) is 12.8. The molecule has 0 aliphatic heterocycles. The van der Waals surface area contributed by atoms with E-state index in [9.17, 15) is 13.2 Å². The molecular weight excluding hydrogens is 419 g/mol. The number of hydrogen-bond donors (Lipinski definition) is 2. The molecule has 1 unspecified atom stereocenters. The first-order valence-electron chi connectivity index (χ1n) is 8.04. The lowest BCUT2D eigenvalue weighted by Crippen LogP contribution is -2.47. The highest BCUT2D eigenvalue weighted by Crippen LogP contribution is 2.25. The fraction of sp³-hybridized carbons (Fsp3) is 0.562. The highest BCUT2D eigenvalue weighted by atomic mass is 35.5. The third-order valence-electron chi connectivity index (χ3n) is 3.48. The molecule has 1 aromatic carbocycles.